The minimum absolute atomic E-state index is 0.0830. The Kier molecular flexibility index (Phi) is 5.54. The van der Waals surface area contributed by atoms with E-state index in [1.165, 1.54) is 4.90 Å². The Hall–Kier alpha value is -3.48. The van der Waals surface area contributed by atoms with E-state index in [4.69, 9.17) is 0 Å². The third-order valence-electron chi connectivity index (χ3n) is 4.54. The number of urea groups is 1. The van der Waals surface area contributed by atoms with E-state index in [9.17, 15) is 19.2 Å². The zero-order chi connectivity index (χ0) is 20.3. The number of rotatable bonds is 6. The molecule has 0 radical (unpaired) electrons. The Labute approximate surface area is 163 Å². The lowest BCUT2D eigenvalue weighted by atomic mass is 10.1. The number of anilines is 1. The highest BCUT2D eigenvalue weighted by Crippen LogP contribution is 2.20. The Morgan fingerprint density at radius 3 is 2.21 bits per heavy atom. The van der Waals surface area contributed by atoms with E-state index in [-0.39, 0.29) is 13.1 Å². The number of hydrogen-bond donors (Lipinski definition) is 0. The summed E-state index contributed by atoms with van der Waals surface area (Å²) in [6, 6.07) is 16.1. The lowest BCUT2D eigenvalue weighted by Crippen LogP contribution is -2.43. The maximum absolute atomic E-state index is 13.1. The number of benzene rings is 2. The first-order valence-corrected chi connectivity index (χ1v) is 9.00. The standard InChI is InChI=1S/C21H21N3O4/c1-3-22-19(26)20(27)24(21(22)28)14-18(25)23(13-16-9-5-4-6-10-16)17-11-7-8-15(2)12-17/h4-12H,3,13-14H2,1-2H3. The van der Waals surface area contributed by atoms with Crippen molar-refractivity contribution in [1.82, 2.24) is 9.80 Å². The molecule has 0 atom stereocenters. The number of imide groups is 2. The summed E-state index contributed by atoms with van der Waals surface area (Å²) in [5, 5.41) is 0. The van der Waals surface area contributed by atoms with Gasteiger partial charge in [-0.05, 0) is 37.1 Å². The van der Waals surface area contributed by atoms with E-state index in [1.807, 2.05) is 55.5 Å². The molecular formula is C21H21N3O4. The number of carbonyl (C=O) groups is 4. The predicted octanol–water partition coefficient (Wildman–Crippen LogP) is 2.34. The molecule has 1 aliphatic rings. The summed E-state index contributed by atoms with van der Waals surface area (Å²) in [5.41, 5.74) is 2.54. The lowest BCUT2D eigenvalue weighted by Gasteiger charge is -2.25. The van der Waals surface area contributed by atoms with Gasteiger partial charge in [0.2, 0.25) is 5.91 Å². The van der Waals surface area contributed by atoms with Gasteiger partial charge in [0.25, 0.3) is 0 Å². The topological polar surface area (TPSA) is 78.0 Å². The Balaban J connectivity index is 1.87. The van der Waals surface area contributed by atoms with Gasteiger partial charge in [0.15, 0.2) is 0 Å². The SMILES string of the molecule is CCN1C(=O)C(=O)N(CC(=O)N(Cc2ccccc2)c2cccc(C)c2)C1=O. The zero-order valence-electron chi connectivity index (χ0n) is 15.8. The van der Waals surface area contributed by atoms with Gasteiger partial charge >= 0.3 is 17.8 Å². The van der Waals surface area contributed by atoms with Crippen LogP contribution in [-0.4, -0.2) is 46.6 Å². The molecule has 5 amide bonds. The van der Waals surface area contributed by atoms with Crippen molar-refractivity contribution in [3.8, 4) is 0 Å². The van der Waals surface area contributed by atoms with Gasteiger partial charge in [-0.2, -0.15) is 0 Å². The van der Waals surface area contributed by atoms with Crippen LogP contribution in [0.15, 0.2) is 54.6 Å². The van der Waals surface area contributed by atoms with E-state index in [0.717, 1.165) is 16.0 Å². The predicted molar refractivity (Wildman–Crippen MR) is 103 cm³/mol. The van der Waals surface area contributed by atoms with Gasteiger partial charge in [-0.3, -0.25) is 19.3 Å². The van der Waals surface area contributed by atoms with Crippen molar-refractivity contribution in [1.29, 1.82) is 0 Å². The van der Waals surface area contributed by atoms with Crippen molar-refractivity contribution in [3.05, 3.63) is 65.7 Å². The lowest BCUT2D eigenvalue weighted by molar-refractivity contribution is -0.143. The van der Waals surface area contributed by atoms with Crippen LogP contribution in [0.5, 0.6) is 0 Å². The molecule has 0 N–H and O–H groups in total. The highest BCUT2D eigenvalue weighted by Gasteiger charge is 2.44. The maximum Gasteiger partial charge on any atom is 0.334 e. The second-order valence-corrected chi connectivity index (χ2v) is 6.53. The average Bonchev–Trinajstić information content (AvgIpc) is 2.89. The summed E-state index contributed by atoms with van der Waals surface area (Å²) in [5.74, 6) is -2.31. The monoisotopic (exact) mass is 379 g/mol. The average molecular weight is 379 g/mol. The van der Waals surface area contributed by atoms with Crippen molar-refractivity contribution in [2.75, 3.05) is 18.0 Å². The minimum Gasteiger partial charge on any atom is -0.306 e. The molecule has 1 saturated heterocycles. The van der Waals surface area contributed by atoms with Gasteiger partial charge in [-0.15, -0.1) is 0 Å². The van der Waals surface area contributed by atoms with Crippen LogP contribution in [0.1, 0.15) is 18.1 Å². The molecular weight excluding hydrogens is 358 g/mol. The van der Waals surface area contributed by atoms with E-state index < -0.39 is 30.3 Å². The maximum atomic E-state index is 13.1. The van der Waals surface area contributed by atoms with Crippen LogP contribution in [0.3, 0.4) is 0 Å². The highest BCUT2D eigenvalue weighted by atomic mass is 16.2. The third kappa shape index (κ3) is 3.78. The molecule has 0 bridgehead atoms. The number of likely N-dealkylation sites (N-methyl/N-ethyl adjacent to an activating group) is 1. The first-order valence-electron chi connectivity index (χ1n) is 9.00. The summed E-state index contributed by atoms with van der Waals surface area (Å²) in [7, 11) is 0. The molecule has 2 aromatic carbocycles. The normalized spacial score (nSPS) is 14.0. The fraction of sp³-hybridized carbons (Fsp3) is 0.238. The van der Waals surface area contributed by atoms with Gasteiger partial charge in [0, 0.05) is 12.2 Å². The zero-order valence-corrected chi connectivity index (χ0v) is 15.8. The molecule has 1 aliphatic heterocycles. The summed E-state index contributed by atoms with van der Waals surface area (Å²) < 4.78 is 0. The summed E-state index contributed by atoms with van der Waals surface area (Å²) >= 11 is 0. The van der Waals surface area contributed by atoms with Crippen LogP contribution < -0.4 is 4.90 Å². The van der Waals surface area contributed by atoms with E-state index in [0.29, 0.717) is 10.6 Å². The summed E-state index contributed by atoms with van der Waals surface area (Å²) in [6.07, 6.45) is 0. The fourth-order valence-electron chi connectivity index (χ4n) is 3.07. The molecule has 0 spiro atoms. The molecule has 2 aromatic rings. The van der Waals surface area contributed by atoms with Crippen molar-refractivity contribution in [3.63, 3.8) is 0 Å². The number of carbonyl (C=O) groups excluding carboxylic acids is 4. The van der Waals surface area contributed by atoms with Crippen LogP contribution in [0.4, 0.5) is 10.5 Å². The molecule has 1 heterocycles. The molecule has 3 rings (SSSR count). The third-order valence-corrected chi connectivity index (χ3v) is 4.54. The largest absolute Gasteiger partial charge is 0.334 e. The van der Waals surface area contributed by atoms with Crippen molar-refractivity contribution >= 4 is 29.4 Å². The molecule has 0 saturated carbocycles. The number of nitrogens with zero attached hydrogens (tertiary/aromatic N) is 3. The van der Waals surface area contributed by atoms with Gasteiger partial charge in [0.05, 0.1) is 6.54 Å². The molecule has 28 heavy (non-hydrogen) atoms. The molecule has 144 valence electrons. The summed E-state index contributed by atoms with van der Waals surface area (Å²) in [4.78, 5) is 52.5. The van der Waals surface area contributed by atoms with Gasteiger partial charge in [-0.1, -0.05) is 42.5 Å². The second kappa shape index (κ2) is 8.04. The van der Waals surface area contributed by atoms with Gasteiger partial charge < -0.3 is 4.90 Å². The number of hydrogen-bond acceptors (Lipinski definition) is 4. The smallest absolute Gasteiger partial charge is 0.306 e. The van der Waals surface area contributed by atoms with Crippen molar-refractivity contribution in [2.24, 2.45) is 0 Å². The van der Waals surface area contributed by atoms with Crippen molar-refractivity contribution in [2.45, 2.75) is 20.4 Å². The van der Waals surface area contributed by atoms with Crippen molar-refractivity contribution < 1.29 is 19.2 Å². The number of amides is 5. The minimum atomic E-state index is -0.968. The Morgan fingerprint density at radius 1 is 0.929 bits per heavy atom. The Bertz CT molecular complexity index is 926. The quantitative estimate of drug-likeness (QED) is 0.570. The van der Waals surface area contributed by atoms with E-state index >= 15 is 0 Å². The van der Waals surface area contributed by atoms with E-state index in [2.05, 4.69) is 0 Å². The molecule has 0 unspecified atom stereocenters. The van der Waals surface area contributed by atoms with Crippen LogP contribution in [-0.2, 0) is 20.9 Å². The van der Waals surface area contributed by atoms with Crippen LogP contribution in [0.25, 0.3) is 0 Å². The molecule has 0 aliphatic carbocycles. The molecule has 0 aromatic heterocycles. The fourth-order valence-corrected chi connectivity index (χ4v) is 3.07. The van der Waals surface area contributed by atoms with Crippen LogP contribution in [0, 0.1) is 6.92 Å². The molecule has 7 heteroatoms. The van der Waals surface area contributed by atoms with Gasteiger partial charge in [0.1, 0.15) is 6.54 Å². The Morgan fingerprint density at radius 2 is 1.61 bits per heavy atom. The van der Waals surface area contributed by atoms with E-state index in [1.54, 1.807) is 13.0 Å². The van der Waals surface area contributed by atoms with Crippen LogP contribution in [0.2, 0.25) is 0 Å². The van der Waals surface area contributed by atoms with Gasteiger partial charge in [-0.25, -0.2) is 9.69 Å². The molecule has 7 nitrogen and oxygen atoms in total. The molecule has 1 fully saturated rings. The first kappa shape index (κ1) is 19.3. The number of aryl methyl sites for hydroxylation is 1. The highest BCUT2D eigenvalue weighted by molar-refractivity contribution is 6.45. The first-order chi connectivity index (χ1) is 13.4. The van der Waals surface area contributed by atoms with Crippen LogP contribution >= 0.6 is 0 Å². The second-order valence-electron chi connectivity index (χ2n) is 6.53. The summed E-state index contributed by atoms with van der Waals surface area (Å²) in [6.45, 7) is 3.40.